The van der Waals surface area contributed by atoms with Crippen molar-refractivity contribution in [3.63, 3.8) is 0 Å². The number of rotatable bonds is 3. The van der Waals surface area contributed by atoms with Gasteiger partial charge in [-0.2, -0.15) is 0 Å². The van der Waals surface area contributed by atoms with Gasteiger partial charge in [0.25, 0.3) is 0 Å². The molecule has 1 aromatic carbocycles. The second-order valence-corrected chi connectivity index (χ2v) is 4.79. The van der Waals surface area contributed by atoms with Crippen molar-refractivity contribution in [3.05, 3.63) is 29.8 Å². The molecule has 0 aliphatic carbocycles. The first-order chi connectivity index (χ1) is 9.34. The number of nitrogens with zero attached hydrogens (tertiary/aromatic N) is 2. The monoisotopic (exact) mass is 258 g/mol. The smallest absolute Gasteiger partial charge is 0.231 e. The second kappa shape index (κ2) is 5.30. The van der Waals surface area contributed by atoms with Crippen molar-refractivity contribution >= 4 is 17.6 Å². The Morgan fingerprint density at radius 3 is 3.11 bits per heavy atom. The maximum Gasteiger partial charge on any atom is 0.231 e. The molecule has 5 nitrogen and oxygen atoms in total. The fourth-order valence-electron chi connectivity index (χ4n) is 2.50. The number of benzene rings is 1. The molecule has 0 spiro atoms. The zero-order chi connectivity index (χ0) is 13.1. The van der Waals surface area contributed by atoms with Gasteiger partial charge in [-0.1, -0.05) is 18.2 Å². The summed E-state index contributed by atoms with van der Waals surface area (Å²) in [7, 11) is 0. The summed E-state index contributed by atoms with van der Waals surface area (Å²) in [5, 5.41) is 6.46. The van der Waals surface area contributed by atoms with E-state index in [4.69, 9.17) is 0 Å². The Morgan fingerprint density at radius 2 is 2.26 bits per heavy atom. The van der Waals surface area contributed by atoms with Crippen LogP contribution in [0.2, 0.25) is 0 Å². The van der Waals surface area contributed by atoms with Crippen molar-refractivity contribution in [2.45, 2.75) is 12.8 Å². The first-order valence-electron chi connectivity index (χ1n) is 6.75. The zero-order valence-electron chi connectivity index (χ0n) is 10.9. The zero-order valence-corrected chi connectivity index (χ0v) is 10.9. The van der Waals surface area contributed by atoms with Gasteiger partial charge in [-0.25, -0.2) is 0 Å². The summed E-state index contributed by atoms with van der Waals surface area (Å²) < 4.78 is 0. The Morgan fingerprint density at radius 1 is 1.37 bits per heavy atom. The minimum atomic E-state index is 0.182. The highest BCUT2D eigenvalue weighted by atomic mass is 16.2. The van der Waals surface area contributed by atoms with Crippen molar-refractivity contribution in [3.8, 4) is 0 Å². The lowest BCUT2D eigenvalue weighted by atomic mass is 10.2. The Labute approximate surface area is 112 Å². The van der Waals surface area contributed by atoms with Crippen LogP contribution >= 0.6 is 0 Å². The molecule has 19 heavy (non-hydrogen) atoms. The number of guanidine groups is 1. The lowest BCUT2D eigenvalue weighted by Gasteiger charge is -2.20. The number of carbonyl (C=O) groups is 1. The number of carbonyl (C=O) groups excluding carboxylic acids is 1. The second-order valence-electron chi connectivity index (χ2n) is 4.79. The molecule has 2 heterocycles. The fraction of sp³-hybridized carbons (Fsp3) is 0.429. The van der Waals surface area contributed by atoms with E-state index in [-0.39, 0.29) is 5.91 Å². The number of para-hydroxylation sites is 1. The standard InChI is InChI=1S/C14H18N4O/c19-13-10-11-4-1-2-5-12(11)18(13)9-8-17-14-15-6-3-7-16-14/h1-2,4-5H,3,6-10H2,(H2,15,16,17). The van der Waals surface area contributed by atoms with Gasteiger partial charge in [0, 0.05) is 31.9 Å². The Balaban J connectivity index is 1.58. The van der Waals surface area contributed by atoms with Crippen LogP contribution in [0.4, 0.5) is 5.69 Å². The van der Waals surface area contributed by atoms with E-state index >= 15 is 0 Å². The van der Waals surface area contributed by atoms with Crippen LogP contribution in [-0.4, -0.2) is 38.0 Å². The third-order valence-electron chi connectivity index (χ3n) is 3.45. The molecule has 0 saturated carbocycles. The molecule has 0 saturated heterocycles. The van der Waals surface area contributed by atoms with E-state index in [1.54, 1.807) is 0 Å². The number of fused-ring (bicyclic) bond motifs is 1. The van der Waals surface area contributed by atoms with Gasteiger partial charge in [0.2, 0.25) is 5.91 Å². The SMILES string of the molecule is O=C1Cc2ccccc2N1CCNC1=NCCCN1. The molecule has 0 radical (unpaired) electrons. The molecule has 0 atom stereocenters. The fourth-order valence-corrected chi connectivity index (χ4v) is 2.50. The quantitative estimate of drug-likeness (QED) is 0.831. The first-order valence-corrected chi connectivity index (χ1v) is 6.75. The van der Waals surface area contributed by atoms with Crippen molar-refractivity contribution in [2.75, 3.05) is 31.1 Å². The summed E-state index contributed by atoms with van der Waals surface area (Å²) >= 11 is 0. The van der Waals surface area contributed by atoms with E-state index in [0.29, 0.717) is 19.5 Å². The first kappa shape index (κ1) is 12.0. The molecule has 2 N–H and O–H groups in total. The molecule has 100 valence electrons. The molecule has 2 aliphatic heterocycles. The van der Waals surface area contributed by atoms with E-state index in [1.807, 2.05) is 29.2 Å². The van der Waals surface area contributed by atoms with Crippen molar-refractivity contribution in [1.82, 2.24) is 10.6 Å². The minimum Gasteiger partial charge on any atom is -0.356 e. The summed E-state index contributed by atoms with van der Waals surface area (Å²) in [5.41, 5.74) is 2.17. The Hall–Kier alpha value is -2.04. The van der Waals surface area contributed by atoms with E-state index in [2.05, 4.69) is 15.6 Å². The lowest BCUT2D eigenvalue weighted by Crippen LogP contribution is -2.44. The summed E-state index contributed by atoms with van der Waals surface area (Å²) in [6.45, 7) is 3.24. The van der Waals surface area contributed by atoms with Crippen LogP contribution in [0.25, 0.3) is 0 Å². The van der Waals surface area contributed by atoms with E-state index in [9.17, 15) is 4.79 Å². The van der Waals surface area contributed by atoms with Crippen LogP contribution in [0.1, 0.15) is 12.0 Å². The highest BCUT2D eigenvalue weighted by Crippen LogP contribution is 2.27. The topological polar surface area (TPSA) is 56.7 Å². The van der Waals surface area contributed by atoms with E-state index < -0.39 is 0 Å². The largest absolute Gasteiger partial charge is 0.356 e. The molecule has 1 aromatic rings. The van der Waals surface area contributed by atoms with Crippen molar-refractivity contribution in [2.24, 2.45) is 4.99 Å². The molecule has 0 fully saturated rings. The molecule has 0 unspecified atom stereocenters. The highest BCUT2D eigenvalue weighted by molar-refractivity contribution is 6.01. The van der Waals surface area contributed by atoms with Gasteiger partial charge in [0.05, 0.1) is 6.42 Å². The summed E-state index contributed by atoms with van der Waals surface area (Å²) in [6.07, 6.45) is 1.61. The molecular formula is C14H18N4O. The number of hydrogen-bond donors (Lipinski definition) is 2. The van der Waals surface area contributed by atoms with Gasteiger partial charge in [-0.3, -0.25) is 9.79 Å². The highest BCUT2D eigenvalue weighted by Gasteiger charge is 2.26. The molecule has 0 bridgehead atoms. The van der Waals surface area contributed by atoms with E-state index in [0.717, 1.165) is 36.7 Å². The molecule has 5 heteroatoms. The van der Waals surface area contributed by atoms with Gasteiger partial charge < -0.3 is 15.5 Å². The predicted octanol–water partition coefficient (Wildman–Crippen LogP) is 0.515. The third-order valence-corrected chi connectivity index (χ3v) is 3.45. The van der Waals surface area contributed by atoms with Gasteiger partial charge in [-0.15, -0.1) is 0 Å². The number of amides is 1. The van der Waals surface area contributed by atoms with Crippen LogP contribution in [0.3, 0.4) is 0 Å². The van der Waals surface area contributed by atoms with Crippen molar-refractivity contribution < 1.29 is 4.79 Å². The maximum absolute atomic E-state index is 12.0. The number of anilines is 1. The molecule has 1 amide bonds. The van der Waals surface area contributed by atoms with Gasteiger partial charge in [0.1, 0.15) is 0 Å². The average molecular weight is 258 g/mol. The summed E-state index contributed by atoms with van der Waals surface area (Å²) in [4.78, 5) is 18.2. The Bertz CT molecular complexity index is 512. The summed E-state index contributed by atoms with van der Waals surface area (Å²) in [5.74, 6) is 1.03. The van der Waals surface area contributed by atoms with Gasteiger partial charge in [-0.05, 0) is 18.1 Å². The number of nitrogens with one attached hydrogen (secondary N) is 2. The van der Waals surface area contributed by atoms with Gasteiger partial charge >= 0.3 is 0 Å². The average Bonchev–Trinajstić information content (AvgIpc) is 2.76. The van der Waals surface area contributed by atoms with Crippen LogP contribution in [0.5, 0.6) is 0 Å². The van der Waals surface area contributed by atoms with Crippen LogP contribution in [-0.2, 0) is 11.2 Å². The predicted molar refractivity (Wildman–Crippen MR) is 75.4 cm³/mol. The number of hydrogen-bond acceptors (Lipinski definition) is 4. The van der Waals surface area contributed by atoms with Crippen LogP contribution in [0.15, 0.2) is 29.3 Å². The van der Waals surface area contributed by atoms with Crippen LogP contribution in [0, 0.1) is 0 Å². The maximum atomic E-state index is 12.0. The van der Waals surface area contributed by atoms with E-state index in [1.165, 1.54) is 0 Å². The van der Waals surface area contributed by atoms with Crippen LogP contribution < -0.4 is 15.5 Å². The summed E-state index contributed by atoms with van der Waals surface area (Å²) in [6, 6.07) is 7.99. The number of aliphatic imine (C=N–C) groups is 1. The van der Waals surface area contributed by atoms with Gasteiger partial charge in [0.15, 0.2) is 5.96 Å². The Kier molecular flexibility index (Phi) is 3.35. The minimum absolute atomic E-state index is 0.182. The van der Waals surface area contributed by atoms with Crippen molar-refractivity contribution in [1.29, 1.82) is 0 Å². The molecular weight excluding hydrogens is 240 g/mol. The third kappa shape index (κ3) is 2.54. The molecule has 0 aromatic heterocycles. The normalized spacial score (nSPS) is 17.8. The lowest BCUT2D eigenvalue weighted by molar-refractivity contribution is -0.117. The molecule has 3 rings (SSSR count). The molecule has 2 aliphatic rings.